The first kappa shape index (κ1) is 20.0. The molecule has 0 radical (unpaired) electrons. The topological polar surface area (TPSA) is 119 Å². The van der Waals surface area contributed by atoms with Gasteiger partial charge in [0, 0.05) is 17.3 Å². The lowest BCUT2D eigenvalue weighted by Gasteiger charge is -2.19. The normalized spacial score (nSPS) is 11.8. The first-order valence-electron chi connectivity index (χ1n) is 9.04. The van der Waals surface area contributed by atoms with Gasteiger partial charge in [-0.1, -0.05) is 50.2 Å². The number of nitrogens with zero attached hydrogens (tertiary/aromatic N) is 4. The Morgan fingerprint density at radius 2 is 1.90 bits per heavy atom. The highest BCUT2D eigenvalue weighted by Crippen LogP contribution is 2.22. The monoisotopic (exact) mass is 395 g/mol. The quantitative estimate of drug-likeness (QED) is 0.602. The van der Waals surface area contributed by atoms with Crippen LogP contribution in [0.5, 0.6) is 5.75 Å². The number of carbonyl (C=O) groups is 2. The predicted octanol–water partition coefficient (Wildman–Crippen LogP) is 2.64. The number of rotatable bonds is 8. The molecule has 0 aliphatic rings. The predicted molar refractivity (Wildman–Crippen MR) is 105 cm³/mol. The van der Waals surface area contributed by atoms with Gasteiger partial charge in [0.05, 0.1) is 0 Å². The number of anilines is 1. The molecule has 29 heavy (non-hydrogen) atoms. The van der Waals surface area contributed by atoms with Gasteiger partial charge in [0.1, 0.15) is 5.75 Å². The van der Waals surface area contributed by atoms with Gasteiger partial charge in [-0.2, -0.15) is 4.80 Å². The van der Waals surface area contributed by atoms with Crippen molar-refractivity contribution in [3.8, 4) is 17.1 Å². The zero-order valence-electron chi connectivity index (χ0n) is 16.0. The molecule has 9 nitrogen and oxygen atoms in total. The Morgan fingerprint density at radius 3 is 2.59 bits per heavy atom. The van der Waals surface area contributed by atoms with Crippen molar-refractivity contribution in [2.24, 2.45) is 5.92 Å². The van der Waals surface area contributed by atoms with E-state index in [1.165, 1.54) is 4.80 Å². The SMILES string of the molecule is CC(C)C(C(=O)Nc1cccc(OCC(=O)O)c1)n1nnc(-c2ccccc2)n1. The highest BCUT2D eigenvalue weighted by molar-refractivity contribution is 5.94. The lowest BCUT2D eigenvalue weighted by Crippen LogP contribution is -2.31. The van der Waals surface area contributed by atoms with E-state index in [1.54, 1.807) is 24.3 Å². The Morgan fingerprint density at radius 1 is 1.14 bits per heavy atom. The Balaban J connectivity index is 1.76. The first-order valence-corrected chi connectivity index (χ1v) is 9.04. The van der Waals surface area contributed by atoms with Crippen LogP contribution < -0.4 is 10.1 Å². The van der Waals surface area contributed by atoms with Crippen molar-refractivity contribution in [1.82, 2.24) is 20.2 Å². The van der Waals surface area contributed by atoms with E-state index in [4.69, 9.17) is 9.84 Å². The zero-order valence-corrected chi connectivity index (χ0v) is 16.0. The minimum Gasteiger partial charge on any atom is -0.482 e. The summed E-state index contributed by atoms with van der Waals surface area (Å²) >= 11 is 0. The van der Waals surface area contributed by atoms with E-state index < -0.39 is 18.6 Å². The number of nitrogens with one attached hydrogen (secondary N) is 1. The molecule has 0 saturated carbocycles. The number of hydrogen-bond donors (Lipinski definition) is 2. The van der Waals surface area contributed by atoms with Gasteiger partial charge in [0.25, 0.3) is 5.91 Å². The number of amides is 1. The second-order valence-corrected chi connectivity index (χ2v) is 6.69. The molecule has 0 fully saturated rings. The highest BCUT2D eigenvalue weighted by Gasteiger charge is 2.27. The third-order valence-corrected chi connectivity index (χ3v) is 4.07. The summed E-state index contributed by atoms with van der Waals surface area (Å²) < 4.78 is 5.14. The molecule has 150 valence electrons. The molecule has 2 N–H and O–H groups in total. The molecule has 0 aliphatic carbocycles. The molecule has 1 aromatic heterocycles. The van der Waals surface area contributed by atoms with Gasteiger partial charge in [0.15, 0.2) is 12.6 Å². The number of carbonyl (C=O) groups excluding carboxylic acids is 1. The summed E-state index contributed by atoms with van der Waals surface area (Å²) in [5.41, 5.74) is 1.29. The van der Waals surface area contributed by atoms with Gasteiger partial charge in [-0.3, -0.25) is 4.79 Å². The summed E-state index contributed by atoms with van der Waals surface area (Å²) in [6.45, 7) is 3.32. The molecule has 1 unspecified atom stereocenters. The zero-order chi connectivity index (χ0) is 20.8. The van der Waals surface area contributed by atoms with Crippen LogP contribution in [0, 0.1) is 5.92 Å². The highest BCUT2D eigenvalue weighted by atomic mass is 16.5. The van der Waals surface area contributed by atoms with Crippen LogP contribution >= 0.6 is 0 Å². The summed E-state index contributed by atoms with van der Waals surface area (Å²) in [7, 11) is 0. The van der Waals surface area contributed by atoms with E-state index >= 15 is 0 Å². The Bertz CT molecular complexity index is 987. The van der Waals surface area contributed by atoms with E-state index in [0.29, 0.717) is 17.3 Å². The van der Waals surface area contributed by atoms with Crippen molar-refractivity contribution in [2.45, 2.75) is 19.9 Å². The fraction of sp³-hybridized carbons (Fsp3) is 0.250. The maximum atomic E-state index is 12.9. The van der Waals surface area contributed by atoms with Crippen LogP contribution in [0.2, 0.25) is 0 Å². The maximum absolute atomic E-state index is 12.9. The van der Waals surface area contributed by atoms with Crippen molar-refractivity contribution in [3.05, 3.63) is 54.6 Å². The minimum atomic E-state index is -1.08. The van der Waals surface area contributed by atoms with Crippen LogP contribution in [0.4, 0.5) is 5.69 Å². The van der Waals surface area contributed by atoms with Crippen LogP contribution in [-0.4, -0.2) is 43.8 Å². The number of benzene rings is 2. The summed E-state index contributed by atoms with van der Waals surface area (Å²) in [6.07, 6.45) is 0. The molecular weight excluding hydrogens is 374 g/mol. The van der Waals surface area contributed by atoms with Crippen LogP contribution in [0.1, 0.15) is 19.9 Å². The van der Waals surface area contributed by atoms with Crippen molar-refractivity contribution >= 4 is 17.6 Å². The molecule has 3 aromatic rings. The van der Waals surface area contributed by atoms with E-state index in [2.05, 4.69) is 20.7 Å². The number of hydrogen-bond acceptors (Lipinski definition) is 6. The van der Waals surface area contributed by atoms with Crippen LogP contribution in [0.15, 0.2) is 54.6 Å². The molecule has 1 heterocycles. The number of carboxylic acid groups (broad SMARTS) is 1. The van der Waals surface area contributed by atoms with Crippen LogP contribution in [0.3, 0.4) is 0 Å². The second-order valence-electron chi connectivity index (χ2n) is 6.69. The van der Waals surface area contributed by atoms with Gasteiger partial charge < -0.3 is 15.2 Å². The summed E-state index contributed by atoms with van der Waals surface area (Å²) in [5.74, 6) is -0.706. The van der Waals surface area contributed by atoms with Crippen LogP contribution in [-0.2, 0) is 9.59 Å². The lowest BCUT2D eigenvalue weighted by molar-refractivity contribution is -0.139. The van der Waals surface area contributed by atoms with Crippen molar-refractivity contribution in [1.29, 1.82) is 0 Å². The van der Waals surface area contributed by atoms with E-state index in [9.17, 15) is 9.59 Å². The van der Waals surface area contributed by atoms with E-state index in [-0.39, 0.29) is 11.8 Å². The van der Waals surface area contributed by atoms with Gasteiger partial charge in [0.2, 0.25) is 5.82 Å². The molecule has 0 spiro atoms. The number of tetrazole rings is 1. The molecular formula is C20H21N5O4. The smallest absolute Gasteiger partial charge is 0.341 e. The first-order chi connectivity index (χ1) is 13.9. The third-order valence-electron chi connectivity index (χ3n) is 4.07. The standard InChI is InChI=1S/C20H21N5O4/c1-13(2)18(25-23-19(22-24-25)14-7-4-3-5-8-14)20(28)21-15-9-6-10-16(11-15)29-12-17(26)27/h3-11,13,18H,12H2,1-2H3,(H,21,28)(H,26,27). The Labute approximate surface area is 167 Å². The molecule has 9 heteroatoms. The molecule has 0 saturated heterocycles. The van der Waals surface area contributed by atoms with Gasteiger partial charge in [-0.05, 0) is 23.3 Å². The summed E-state index contributed by atoms with van der Waals surface area (Å²) in [6, 6.07) is 15.2. The second kappa shape index (κ2) is 8.96. The van der Waals surface area contributed by atoms with Gasteiger partial charge in [-0.15, -0.1) is 10.2 Å². The molecule has 3 rings (SSSR count). The number of aliphatic carboxylic acids is 1. The molecule has 2 aromatic carbocycles. The van der Waals surface area contributed by atoms with Gasteiger partial charge in [-0.25, -0.2) is 4.79 Å². The van der Waals surface area contributed by atoms with Crippen LogP contribution in [0.25, 0.3) is 11.4 Å². The minimum absolute atomic E-state index is 0.0979. The largest absolute Gasteiger partial charge is 0.482 e. The summed E-state index contributed by atoms with van der Waals surface area (Å²) in [4.78, 5) is 24.9. The molecule has 1 amide bonds. The molecule has 0 bridgehead atoms. The van der Waals surface area contributed by atoms with E-state index in [0.717, 1.165) is 5.56 Å². The van der Waals surface area contributed by atoms with Crippen molar-refractivity contribution < 1.29 is 19.4 Å². The molecule has 1 atom stereocenters. The van der Waals surface area contributed by atoms with Crippen molar-refractivity contribution in [2.75, 3.05) is 11.9 Å². The third kappa shape index (κ3) is 5.16. The summed E-state index contributed by atoms with van der Waals surface area (Å²) in [5, 5.41) is 24.0. The fourth-order valence-electron chi connectivity index (χ4n) is 2.74. The maximum Gasteiger partial charge on any atom is 0.341 e. The van der Waals surface area contributed by atoms with Gasteiger partial charge >= 0.3 is 5.97 Å². The number of aromatic nitrogens is 4. The number of ether oxygens (including phenoxy) is 1. The molecule has 0 aliphatic heterocycles. The number of carboxylic acids is 1. The van der Waals surface area contributed by atoms with E-state index in [1.807, 2.05) is 44.2 Å². The lowest BCUT2D eigenvalue weighted by atomic mass is 10.0. The van der Waals surface area contributed by atoms with Crippen molar-refractivity contribution in [3.63, 3.8) is 0 Å². The Hall–Kier alpha value is -3.75. The average Bonchev–Trinajstić information content (AvgIpc) is 3.16. The average molecular weight is 395 g/mol. The fourth-order valence-corrected chi connectivity index (χ4v) is 2.74. The Kier molecular flexibility index (Phi) is 6.18.